The highest BCUT2D eigenvalue weighted by molar-refractivity contribution is 8.00. The van der Waals surface area contributed by atoms with E-state index < -0.39 is 0 Å². The summed E-state index contributed by atoms with van der Waals surface area (Å²) in [6.07, 6.45) is 1.59. The van der Waals surface area contributed by atoms with Gasteiger partial charge < -0.3 is 5.32 Å². The third-order valence-electron chi connectivity index (χ3n) is 3.45. The van der Waals surface area contributed by atoms with E-state index in [-0.39, 0.29) is 11.3 Å². The minimum Gasteiger partial charge on any atom is -0.323 e. The Hall–Kier alpha value is -1.52. The first-order chi connectivity index (χ1) is 10.8. The first-order valence-electron chi connectivity index (χ1n) is 7.41. The number of hydrogen-bond donors (Lipinski definition) is 1. The quantitative estimate of drug-likeness (QED) is 0.619. The summed E-state index contributed by atoms with van der Waals surface area (Å²) < 4.78 is 0. The fourth-order valence-corrected chi connectivity index (χ4v) is 3.06. The van der Waals surface area contributed by atoms with Crippen molar-refractivity contribution < 1.29 is 4.79 Å². The Labute approximate surface area is 146 Å². The van der Waals surface area contributed by atoms with Gasteiger partial charge in [-0.05, 0) is 41.7 Å². The number of rotatable bonds is 4. The molecule has 0 fully saturated rings. The molecule has 0 saturated carbocycles. The summed E-state index contributed by atoms with van der Waals surface area (Å²) in [5.41, 5.74) is 3.07. The molecule has 1 amide bonds. The van der Waals surface area contributed by atoms with E-state index in [1.54, 1.807) is 18.3 Å². The first-order valence-corrected chi connectivity index (χ1v) is 8.78. The summed E-state index contributed by atoms with van der Waals surface area (Å²) in [6.45, 7) is 8.61. The van der Waals surface area contributed by atoms with Gasteiger partial charge in [0.25, 0.3) is 0 Å². The number of anilines is 1. The lowest BCUT2D eigenvalue weighted by atomic mass is 9.87. The van der Waals surface area contributed by atoms with E-state index in [1.165, 1.54) is 22.9 Å². The van der Waals surface area contributed by atoms with Gasteiger partial charge in [-0.25, -0.2) is 4.98 Å². The van der Waals surface area contributed by atoms with Crippen molar-refractivity contribution in [3.05, 3.63) is 52.8 Å². The molecule has 5 heteroatoms. The first kappa shape index (κ1) is 17.8. The monoisotopic (exact) mass is 348 g/mol. The number of hydrogen-bond acceptors (Lipinski definition) is 3. The lowest BCUT2D eigenvalue weighted by Gasteiger charge is -2.20. The van der Waals surface area contributed by atoms with Crippen LogP contribution < -0.4 is 5.32 Å². The standard InChI is InChI=1S/C18H21ClN2OS/c1-12-7-8-13(18(2,3)4)10-15(12)23-11-16(22)21-14-6-5-9-20-17(14)19/h5-10H,11H2,1-4H3,(H,21,22). The minimum absolute atomic E-state index is 0.0918. The van der Waals surface area contributed by atoms with Gasteiger partial charge in [0.15, 0.2) is 5.15 Å². The molecule has 122 valence electrons. The zero-order valence-corrected chi connectivity index (χ0v) is 15.4. The van der Waals surface area contributed by atoms with E-state index in [4.69, 9.17) is 11.6 Å². The van der Waals surface area contributed by atoms with Gasteiger partial charge in [-0.2, -0.15) is 0 Å². The van der Waals surface area contributed by atoms with E-state index in [0.29, 0.717) is 16.6 Å². The summed E-state index contributed by atoms with van der Waals surface area (Å²) in [5, 5.41) is 3.09. The van der Waals surface area contributed by atoms with Gasteiger partial charge >= 0.3 is 0 Å². The van der Waals surface area contributed by atoms with Crippen molar-refractivity contribution in [3.63, 3.8) is 0 Å². The number of thioether (sulfide) groups is 1. The summed E-state index contributed by atoms with van der Waals surface area (Å²) in [6, 6.07) is 9.91. The second-order valence-electron chi connectivity index (χ2n) is 6.41. The smallest absolute Gasteiger partial charge is 0.234 e. The molecule has 0 atom stereocenters. The van der Waals surface area contributed by atoms with Crippen molar-refractivity contribution in [3.8, 4) is 0 Å². The van der Waals surface area contributed by atoms with Crippen LogP contribution in [0.4, 0.5) is 5.69 Å². The highest BCUT2D eigenvalue weighted by atomic mass is 35.5. The number of aryl methyl sites for hydroxylation is 1. The number of benzene rings is 1. The maximum Gasteiger partial charge on any atom is 0.234 e. The molecule has 0 saturated heterocycles. The second-order valence-corrected chi connectivity index (χ2v) is 7.78. The molecular weight excluding hydrogens is 328 g/mol. The summed E-state index contributed by atoms with van der Waals surface area (Å²) in [7, 11) is 0. The Balaban J connectivity index is 2.03. The molecule has 0 aliphatic rings. The number of nitrogens with zero attached hydrogens (tertiary/aromatic N) is 1. The number of carbonyl (C=O) groups is 1. The van der Waals surface area contributed by atoms with Crippen molar-refractivity contribution in [2.45, 2.75) is 38.0 Å². The van der Waals surface area contributed by atoms with Crippen LogP contribution in [0.2, 0.25) is 5.15 Å². The zero-order chi connectivity index (χ0) is 17.0. The Morgan fingerprint density at radius 3 is 2.70 bits per heavy atom. The molecule has 0 spiro atoms. The van der Waals surface area contributed by atoms with Gasteiger partial charge in [0.1, 0.15) is 0 Å². The fourth-order valence-electron chi connectivity index (χ4n) is 2.03. The average Bonchev–Trinajstić information content (AvgIpc) is 2.47. The molecule has 2 rings (SSSR count). The molecule has 23 heavy (non-hydrogen) atoms. The van der Waals surface area contributed by atoms with E-state index in [0.717, 1.165) is 4.90 Å². The third kappa shape index (κ3) is 4.98. The van der Waals surface area contributed by atoms with Crippen LogP contribution in [0.15, 0.2) is 41.4 Å². The van der Waals surface area contributed by atoms with E-state index in [2.05, 4.69) is 56.2 Å². The van der Waals surface area contributed by atoms with Crippen LogP contribution >= 0.6 is 23.4 Å². The highest BCUT2D eigenvalue weighted by Crippen LogP contribution is 2.30. The molecule has 1 N–H and O–H groups in total. The number of pyridine rings is 1. The lowest BCUT2D eigenvalue weighted by molar-refractivity contribution is -0.113. The van der Waals surface area contributed by atoms with Crippen molar-refractivity contribution >= 4 is 35.0 Å². The Kier molecular flexibility index (Phi) is 5.71. The van der Waals surface area contributed by atoms with Gasteiger partial charge in [0, 0.05) is 11.1 Å². The van der Waals surface area contributed by atoms with E-state index in [9.17, 15) is 4.79 Å². The normalized spacial score (nSPS) is 11.3. The van der Waals surface area contributed by atoms with Crippen molar-refractivity contribution in [2.24, 2.45) is 0 Å². The number of aromatic nitrogens is 1. The number of amides is 1. The van der Waals surface area contributed by atoms with Crippen molar-refractivity contribution in [1.29, 1.82) is 0 Å². The minimum atomic E-state index is -0.0922. The molecule has 3 nitrogen and oxygen atoms in total. The fraction of sp³-hybridized carbons (Fsp3) is 0.333. The topological polar surface area (TPSA) is 42.0 Å². The Morgan fingerprint density at radius 2 is 2.04 bits per heavy atom. The van der Waals surface area contributed by atoms with Gasteiger partial charge in [-0.1, -0.05) is 44.5 Å². The maximum atomic E-state index is 12.1. The zero-order valence-electron chi connectivity index (χ0n) is 13.8. The molecule has 0 bridgehead atoms. The van der Waals surface area contributed by atoms with E-state index in [1.807, 2.05) is 0 Å². The summed E-state index contributed by atoms with van der Waals surface area (Å²) in [5.74, 6) is 0.241. The molecular formula is C18H21ClN2OS. The SMILES string of the molecule is Cc1ccc(C(C)(C)C)cc1SCC(=O)Nc1cccnc1Cl. The predicted molar refractivity (Wildman–Crippen MR) is 98.5 cm³/mol. The molecule has 0 radical (unpaired) electrons. The Morgan fingerprint density at radius 1 is 1.30 bits per heavy atom. The highest BCUT2D eigenvalue weighted by Gasteiger charge is 2.15. The average molecular weight is 349 g/mol. The van der Waals surface area contributed by atoms with Crippen LogP contribution in [-0.2, 0) is 10.2 Å². The predicted octanol–water partition coefficient (Wildman–Crippen LogP) is 5.07. The van der Waals surface area contributed by atoms with Gasteiger partial charge in [0.05, 0.1) is 11.4 Å². The molecule has 2 aromatic rings. The number of carbonyl (C=O) groups excluding carboxylic acids is 1. The molecule has 0 aliphatic heterocycles. The third-order valence-corrected chi connectivity index (χ3v) is 4.90. The van der Waals surface area contributed by atoms with Crippen LogP contribution in [0.3, 0.4) is 0 Å². The lowest BCUT2D eigenvalue weighted by Crippen LogP contribution is -2.15. The van der Waals surface area contributed by atoms with Crippen molar-refractivity contribution in [2.75, 3.05) is 11.1 Å². The van der Waals surface area contributed by atoms with Gasteiger partial charge in [-0.15, -0.1) is 11.8 Å². The molecule has 1 aromatic heterocycles. The van der Waals surface area contributed by atoms with Crippen LogP contribution in [0.1, 0.15) is 31.9 Å². The summed E-state index contributed by atoms with van der Waals surface area (Å²) >= 11 is 7.48. The van der Waals surface area contributed by atoms with Crippen LogP contribution in [0.5, 0.6) is 0 Å². The van der Waals surface area contributed by atoms with Gasteiger partial charge in [-0.3, -0.25) is 4.79 Å². The number of halogens is 1. The van der Waals surface area contributed by atoms with Crippen molar-refractivity contribution in [1.82, 2.24) is 4.98 Å². The maximum absolute atomic E-state index is 12.1. The number of nitrogens with one attached hydrogen (secondary N) is 1. The molecule has 1 aromatic carbocycles. The van der Waals surface area contributed by atoms with Crippen LogP contribution in [0, 0.1) is 6.92 Å². The molecule has 0 aliphatic carbocycles. The summed E-state index contributed by atoms with van der Waals surface area (Å²) in [4.78, 5) is 17.2. The van der Waals surface area contributed by atoms with Crippen LogP contribution in [-0.4, -0.2) is 16.6 Å². The van der Waals surface area contributed by atoms with E-state index >= 15 is 0 Å². The molecule has 1 heterocycles. The van der Waals surface area contributed by atoms with Gasteiger partial charge in [0.2, 0.25) is 5.91 Å². The largest absolute Gasteiger partial charge is 0.323 e. The second kappa shape index (κ2) is 7.37. The molecule has 0 unspecified atom stereocenters. The van der Waals surface area contributed by atoms with Crippen LogP contribution in [0.25, 0.3) is 0 Å². The Bertz CT molecular complexity index is 710.